The first-order valence-electron chi connectivity index (χ1n) is 2.07. The van der Waals surface area contributed by atoms with Crippen molar-refractivity contribution in [1.82, 2.24) is 0 Å². The molecule has 4 nitrogen and oxygen atoms in total. The topological polar surface area (TPSA) is 58.9 Å². The zero-order valence-corrected chi connectivity index (χ0v) is 6.05. The summed E-state index contributed by atoms with van der Waals surface area (Å²) in [6.07, 6.45) is 0. The van der Waals surface area contributed by atoms with Crippen LogP contribution < -0.4 is 0 Å². The molecule has 0 spiro atoms. The Hall–Kier alpha value is 0.270. The molecule has 0 radical (unpaired) electrons. The van der Waals surface area contributed by atoms with Crippen LogP contribution in [0.2, 0.25) is 0 Å². The summed E-state index contributed by atoms with van der Waals surface area (Å²) >= 11 is 0. The molecule has 0 aliphatic carbocycles. The molecule has 0 fully saturated rings. The molecule has 0 bridgehead atoms. The van der Waals surface area contributed by atoms with E-state index in [1.165, 1.54) is 20.0 Å². The molecular weight excluding hydrogens is 131 g/mol. The summed E-state index contributed by atoms with van der Waals surface area (Å²) in [5, 5.41) is 16.3. The molecule has 0 aromatic carbocycles. The van der Waals surface area contributed by atoms with Gasteiger partial charge in [-0.25, -0.2) is 0 Å². The van der Waals surface area contributed by atoms with Crippen LogP contribution in [0.5, 0.6) is 0 Å². The van der Waals surface area contributed by atoms with Gasteiger partial charge in [0.15, 0.2) is 0 Å². The second-order valence-electron chi connectivity index (χ2n) is 2.67. The molecule has 0 unspecified atom stereocenters. The van der Waals surface area contributed by atoms with Crippen LogP contribution in [0.1, 0.15) is 0 Å². The van der Waals surface area contributed by atoms with Gasteiger partial charge < -0.3 is 0 Å². The Morgan fingerprint density at radius 1 is 1.00 bits per heavy atom. The first-order valence-corrected chi connectivity index (χ1v) is 5.49. The third-order valence-electron chi connectivity index (χ3n) is 0.557. The first kappa shape index (κ1) is 8.27. The van der Waals surface area contributed by atoms with Gasteiger partial charge in [-0.05, 0) is 0 Å². The maximum absolute atomic E-state index is 8.13. The minimum atomic E-state index is -2.99. The molecule has 0 aromatic heterocycles. The summed E-state index contributed by atoms with van der Waals surface area (Å²) in [5.41, 5.74) is 0. The van der Waals surface area contributed by atoms with Crippen LogP contribution >= 0.6 is 7.06 Å². The Kier molecular flexibility index (Phi) is 1.96. The van der Waals surface area contributed by atoms with E-state index in [0.29, 0.717) is 0 Å². The first-order chi connectivity index (χ1) is 3.39. The second kappa shape index (κ2) is 1.90. The fraction of sp³-hybridized carbons (Fsp3) is 1.00. The van der Waals surface area contributed by atoms with Gasteiger partial charge in [0, 0.05) is 0 Å². The summed E-state index contributed by atoms with van der Waals surface area (Å²) in [7, 11) is -2.99. The van der Waals surface area contributed by atoms with Gasteiger partial charge in [-0.15, -0.1) is 0 Å². The van der Waals surface area contributed by atoms with Gasteiger partial charge in [-0.1, -0.05) is 0 Å². The molecule has 0 aliphatic heterocycles. The van der Waals surface area contributed by atoms with Crippen LogP contribution in [0, 0.1) is 0 Å². The Balaban J connectivity index is 3.99. The molecule has 0 aromatic rings. The molecule has 0 saturated carbocycles. The van der Waals surface area contributed by atoms with E-state index in [1.807, 2.05) is 0 Å². The van der Waals surface area contributed by atoms with E-state index in [-0.39, 0.29) is 0 Å². The molecule has 0 heterocycles. The summed E-state index contributed by atoms with van der Waals surface area (Å²) in [6.45, 7) is 4.52. The Labute approximate surface area is 48.0 Å². The van der Waals surface area contributed by atoms with E-state index in [0.717, 1.165) is 0 Å². The van der Waals surface area contributed by atoms with E-state index < -0.39 is 7.06 Å². The predicted molar refractivity (Wildman–Crippen MR) is 32.1 cm³/mol. The molecule has 2 N–H and O–H groups in total. The van der Waals surface area contributed by atoms with Crippen LogP contribution in [0.15, 0.2) is 0 Å². The predicted octanol–water partition coefficient (Wildman–Crippen LogP) is 1.24. The Bertz CT molecular complexity index is 75.0. The van der Waals surface area contributed by atoms with Crippen LogP contribution in [0.3, 0.4) is 0 Å². The van der Waals surface area contributed by atoms with Crippen molar-refractivity contribution in [3.05, 3.63) is 0 Å². The van der Waals surface area contributed by atoms with E-state index in [1.54, 1.807) is 0 Å². The average molecular weight is 142 g/mol. The molecule has 0 amide bonds. The third-order valence-corrected chi connectivity index (χ3v) is 1.67. The Morgan fingerprint density at radius 2 is 1.25 bits per heavy atom. The van der Waals surface area contributed by atoms with Gasteiger partial charge >= 0.3 is 46.9 Å². The van der Waals surface area contributed by atoms with Crippen LogP contribution in [0.25, 0.3) is 0 Å². The SMILES string of the molecule is CP(C)(C)(OO)OO. The van der Waals surface area contributed by atoms with Crippen molar-refractivity contribution < 1.29 is 19.9 Å². The number of rotatable bonds is 2. The van der Waals surface area contributed by atoms with Crippen LogP contribution in [-0.4, -0.2) is 30.5 Å². The van der Waals surface area contributed by atoms with Gasteiger partial charge in [0.2, 0.25) is 0 Å². The molecule has 5 heteroatoms. The van der Waals surface area contributed by atoms with Gasteiger partial charge in [0.25, 0.3) is 0 Å². The fourth-order valence-corrected chi connectivity index (χ4v) is 0.0447. The monoisotopic (exact) mass is 142 g/mol. The number of hydrogen-bond acceptors (Lipinski definition) is 4. The van der Waals surface area contributed by atoms with Crippen molar-refractivity contribution in [2.45, 2.75) is 0 Å². The molecule has 8 heavy (non-hydrogen) atoms. The standard InChI is InChI=1S/C3H11O4P/c1-8(2,3,6-4)7-5/h4-5H,1-3H3. The van der Waals surface area contributed by atoms with E-state index in [9.17, 15) is 0 Å². The number of hydrogen-bond donors (Lipinski definition) is 2. The quantitative estimate of drug-likeness (QED) is 0.346. The van der Waals surface area contributed by atoms with E-state index >= 15 is 0 Å². The summed E-state index contributed by atoms with van der Waals surface area (Å²) in [5.74, 6) is 0. The van der Waals surface area contributed by atoms with Crippen molar-refractivity contribution in [3.8, 4) is 0 Å². The fourth-order valence-electron chi connectivity index (χ4n) is 0.0149. The molecule has 0 saturated heterocycles. The van der Waals surface area contributed by atoms with E-state index in [2.05, 4.69) is 9.35 Å². The second-order valence-corrected chi connectivity index (χ2v) is 8.02. The summed E-state index contributed by atoms with van der Waals surface area (Å²) < 4.78 is 7.87. The molecule has 0 atom stereocenters. The van der Waals surface area contributed by atoms with Crippen LogP contribution in [0.4, 0.5) is 0 Å². The van der Waals surface area contributed by atoms with Crippen molar-refractivity contribution >= 4 is 7.06 Å². The zero-order valence-electron chi connectivity index (χ0n) is 5.16. The molecule has 0 rings (SSSR count). The average Bonchev–Trinajstić information content (AvgIpc) is 1.68. The van der Waals surface area contributed by atoms with E-state index in [4.69, 9.17) is 10.5 Å². The molecule has 52 valence electrons. The normalized spacial score (nSPS) is 17.4. The third kappa shape index (κ3) is 2.55. The van der Waals surface area contributed by atoms with Crippen molar-refractivity contribution in [2.24, 2.45) is 0 Å². The summed E-state index contributed by atoms with van der Waals surface area (Å²) in [4.78, 5) is 0. The van der Waals surface area contributed by atoms with Gasteiger partial charge in [0.1, 0.15) is 0 Å². The van der Waals surface area contributed by atoms with Crippen molar-refractivity contribution in [3.63, 3.8) is 0 Å². The zero-order chi connectivity index (χ0) is 6.86. The molecular formula is C3H11O4P. The Morgan fingerprint density at radius 3 is 1.25 bits per heavy atom. The van der Waals surface area contributed by atoms with Crippen molar-refractivity contribution in [1.29, 1.82) is 0 Å². The van der Waals surface area contributed by atoms with Gasteiger partial charge in [-0.3, -0.25) is 0 Å². The minimum absolute atomic E-state index is 1.51. The van der Waals surface area contributed by atoms with Crippen molar-refractivity contribution in [2.75, 3.05) is 20.0 Å². The molecule has 0 aliphatic rings. The maximum atomic E-state index is 8.13. The van der Waals surface area contributed by atoms with Crippen LogP contribution in [-0.2, 0) is 9.35 Å². The van der Waals surface area contributed by atoms with Gasteiger partial charge in [-0.2, -0.15) is 0 Å². The summed E-state index contributed by atoms with van der Waals surface area (Å²) in [6, 6.07) is 0. The van der Waals surface area contributed by atoms with Gasteiger partial charge in [0.05, 0.1) is 0 Å².